The highest BCUT2D eigenvalue weighted by molar-refractivity contribution is 5.78. The Kier molecular flexibility index (Phi) is 2.95. The van der Waals surface area contributed by atoms with Gasteiger partial charge in [-0.15, -0.1) is 0 Å². The van der Waals surface area contributed by atoms with Gasteiger partial charge in [-0.05, 0) is 11.6 Å². The highest BCUT2D eigenvalue weighted by atomic mass is 19.1. The van der Waals surface area contributed by atoms with Crippen LogP contribution < -0.4 is 5.32 Å². The molecule has 0 heterocycles. The highest BCUT2D eigenvalue weighted by Gasteiger charge is 2.07. The molecule has 2 nitrogen and oxygen atoms in total. The maximum absolute atomic E-state index is 12.9. The average Bonchev–Trinajstić information content (AvgIpc) is 2.09. The van der Waals surface area contributed by atoms with Crippen molar-refractivity contribution in [2.75, 3.05) is 7.05 Å². The molecule has 0 unspecified atom stereocenters. The van der Waals surface area contributed by atoms with Crippen LogP contribution in [0.25, 0.3) is 0 Å². The fourth-order valence-corrected chi connectivity index (χ4v) is 0.926. The molecule has 0 saturated carbocycles. The zero-order valence-electron chi connectivity index (χ0n) is 7.10. The molecule has 70 valence electrons. The normalized spacial score (nSPS) is 9.77. The molecule has 1 rings (SSSR count). The van der Waals surface area contributed by atoms with Crippen LogP contribution in [0.4, 0.5) is 8.78 Å². The lowest BCUT2D eigenvalue weighted by Crippen LogP contribution is -2.20. The fraction of sp³-hybridized carbons (Fsp3) is 0.222. The quantitative estimate of drug-likeness (QED) is 0.738. The Morgan fingerprint density at radius 3 is 2.69 bits per heavy atom. The van der Waals surface area contributed by atoms with Crippen LogP contribution in [0.2, 0.25) is 0 Å². The van der Waals surface area contributed by atoms with Gasteiger partial charge in [-0.25, -0.2) is 8.78 Å². The Labute approximate surface area is 74.6 Å². The molecule has 0 bridgehead atoms. The molecule has 1 amide bonds. The number of carbonyl (C=O) groups excluding carboxylic acids is 1. The minimum atomic E-state index is -0.691. The van der Waals surface area contributed by atoms with Gasteiger partial charge in [0.2, 0.25) is 5.91 Å². The van der Waals surface area contributed by atoms with Crippen molar-refractivity contribution in [2.45, 2.75) is 6.42 Å². The van der Waals surface area contributed by atoms with Crippen LogP contribution in [-0.4, -0.2) is 13.0 Å². The number of rotatable bonds is 2. The van der Waals surface area contributed by atoms with E-state index >= 15 is 0 Å². The SMILES string of the molecule is CNC(=O)Cc1ccc(F)cc1F. The van der Waals surface area contributed by atoms with Crippen molar-refractivity contribution >= 4 is 5.91 Å². The van der Waals surface area contributed by atoms with Crippen molar-refractivity contribution in [3.05, 3.63) is 35.4 Å². The van der Waals surface area contributed by atoms with Crippen LogP contribution in [0.3, 0.4) is 0 Å². The van der Waals surface area contributed by atoms with Crippen LogP contribution in [0.1, 0.15) is 5.56 Å². The fourth-order valence-electron chi connectivity index (χ4n) is 0.926. The Balaban J connectivity index is 2.83. The van der Waals surface area contributed by atoms with Gasteiger partial charge in [0.15, 0.2) is 0 Å². The molecule has 0 aliphatic carbocycles. The van der Waals surface area contributed by atoms with E-state index in [1.54, 1.807) is 0 Å². The first kappa shape index (κ1) is 9.64. The molecule has 0 fully saturated rings. The number of likely N-dealkylation sites (N-methyl/N-ethyl adjacent to an activating group) is 1. The number of hydrogen-bond donors (Lipinski definition) is 1. The molecule has 0 atom stereocenters. The maximum atomic E-state index is 12.9. The van der Waals surface area contributed by atoms with Crippen molar-refractivity contribution in [3.8, 4) is 0 Å². The molecule has 4 heteroatoms. The second kappa shape index (κ2) is 3.98. The summed E-state index contributed by atoms with van der Waals surface area (Å²) in [5.74, 6) is -1.63. The molecule has 1 N–H and O–H groups in total. The summed E-state index contributed by atoms with van der Waals surface area (Å²) in [4.78, 5) is 10.8. The van der Waals surface area contributed by atoms with E-state index in [0.29, 0.717) is 0 Å². The van der Waals surface area contributed by atoms with E-state index in [-0.39, 0.29) is 17.9 Å². The summed E-state index contributed by atoms with van der Waals surface area (Å²) in [6.45, 7) is 0. The average molecular weight is 185 g/mol. The minimum Gasteiger partial charge on any atom is -0.359 e. The van der Waals surface area contributed by atoms with E-state index in [2.05, 4.69) is 5.32 Å². The third kappa shape index (κ3) is 2.50. The summed E-state index contributed by atoms with van der Waals surface area (Å²) in [6, 6.07) is 3.15. The standard InChI is InChI=1S/C9H9F2NO/c1-12-9(13)4-6-2-3-7(10)5-8(6)11/h2-3,5H,4H2,1H3,(H,12,13). The predicted octanol–water partition coefficient (Wildman–Crippen LogP) is 1.25. The van der Waals surface area contributed by atoms with E-state index in [1.165, 1.54) is 13.1 Å². The van der Waals surface area contributed by atoms with E-state index in [1.807, 2.05) is 0 Å². The molecule has 0 spiro atoms. The lowest BCUT2D eigenvalue weighted by Gasteiger charge is -2.01. The molecule has 0 saturated heterocycles. The predicted molar refractivity (Wildman–Crippen MR) is 44.1 cm³/mol. The lowest BCUT2D eigenvalue weighted by atomic mass is 10.1. The number of nitrogens with one attached hydrogen (secondary N) is 1. The van der Waals surface area contributed by atoms with Gasteiger partial charge in [-0.3, -0.25) is 4.79 Å². The molecule has 0 radical (unpaired) electrons. The topological polar surface area (TPSA) is 29.1 Å². The number of carbonyl (C=O) groups is 1. The molecule has 13 heavy (non-hydrogen) atoms. The maximum Gasteiger partial charge on any atom is 0.224 e. The highest BCUT2D eigenvalue weighted by Crippen LogP contribution is 2.09. The first-order chi connectivity index (χ1) is 6.13. The molecule has 0 aliphatic rings. The Bertz CT molecular complexity index is 325. The van der Waals surface area contributed by atoms with Gasteiger partial charge in [0.05, 0.1) is 6.42 Å². The largest absolute Gasteiger partial charge is 0.359 e. The minimum absolute atomic E-state index is 0.0669. The van der Waals surface area contributed by atoms with E-state index in [9.17, 15) is 13.6 Å². The van der Waals surface area contributed by atoms with E-state index < -0.39 is 11.6 Å². The third-order valence-electron chi connectivity index (χ3n) is 1.64. The van der Waals surface area contributed by atoms with Gasteiger partial charge < -0.3 is 5.32 Å². The van der Waals surface area contributed by atoms with Crippen molar-refractivity contribution in [1.29, 1.82) is 0 Å². The molecule has 1 aromatic carbocycles. The number of halogens is 2. The van der Waals surface area contributed by atoms with Gasteiger partial charge in [-0.2, -0.15) is 0 Å². The van der Waals surface area contributed by atoms with Gasteiger partial charge in [0.1, 0.15) is 11.6 Å². The second-order valence-corrected chi connectivity index (χ2v) is 2.59. The zero-order chi connectivity index (χ0) is 9.84. The third-order valence-corrected chi connectivity index (χ3v) is 1.64. The second-order valence-electron chi connectivity index (χ2n) is 2.59. The van der Waals surface area contributed by atoms with Gasteiger partial charge in [0.25, 0.3) is 0 Å². The Hall–Kier alpha value is -1.45. The molecular formula is C9H9F2NO. The molecular weight excluding hydrogens is 176 g/mol. The number of amides is 1. The Morgan fingerprint density at radius 1 is 1.46 bits per heavy atom. The van der Waals surface area contributed by atoms with Crippen molar-refractivity contribution in [2.24, 2.45) is 0 Å². The first-order valence-electron chi connectivity index (χ1n) is 3.78. The summed E-state index contributed by atoms with van der Waals surface area (Å²) in [7, 11) is 1.46. The number of benzene rings is 1. The first-order valence-corrected chi connectivity index (χ1v) is 3.78. The summed E-state index contributed by atoms with van der Waals surface area (Å²) in [6.07, 6.45) is -0.0669. The molecule has 0 aliphatic heterocycles. The van der Waals surface area contributed by atoms with E-state index in [0.717, 1.165) is 12.1 Å². The molecule has 1 aromatic rings. The van der Waals surface area contributed by atoms with Crippen LogP contribution in [0.5, 0.6) is 0 Å². The van der Waals surface area contributed by atoms with Gasteiger partial charge in [-0.1, -0.05) is 6.07 Å². The van der Waals surface area contributed by atoms with Crippen LogP contribution in [0.15, 0.2) is 18.2 Å². The summed E-state index contributed by atoms with van der Waals surface area (Å²) < 4.78 is 25.4. The van der Waals surface area contributed by atoms with Crippen molar-refractivity contribution < 1.29 is 13.6 Å². The van der Waals surface area contributed by atoms with E-state index in [4.69, 9.17) is 0 Å². The summed E-state index contributed by atoms with van der Waals surface area (Å²) in [5, 5.41) is 2.36. The van der Waals surface area contributed by atoms with Crippen molar-refractivity contribution in [3.63, 3.8) is 0 Å². The monoisotopic (exact) mass is 185 g/mol. The number of hydrogen-bond acceptors (Lipinski definition) is 1. The van der Waals surface area contributed by atoms with Crippen LogP contribution >= 0.6 is 0 Å². The molecule has 0 aromatic heterocycles. The van der Waals surface area contributed by atoms with Crippen molar-refractivity contribution in [1.82, 2.24) is 5.32 Å². The Morgan fingerprint density at radius 2 is 2.15 bits per heavy atom. The van der Waals surface area contributed by atoms with Crippen LogP contribution in [0, 0.1) is 11.6 Å². The summed E-state index contributed by atoms with van der Waals surface area (Å²) >= 11 is 0. The van der Waals surface area contributed by atoms with Crippen LogP contribution in [-0.2, 0) is 11.2 Å². The smallest absolute Gasteiger partial charge is 0.224 e. The zero-order valence-corrected chi connectivity index (χ0v) is 7.10. The van der Waals surface area contributed by atoms with Gasteiger partial charge >= 0.3 is 0 Å². The lowest BCUT2D eigenvalue weighted by molar-refractivity contribution is -0.120. The summed E-state index contributed by atoms with van der Waals surface area (Å²) in [5.41, 5.74) is 0.195. The van der Waals surface area contributed by atoms with Gasteiger partial charge in [0, 0.05) is 13.1 Å².